The van der Waals surface area contributed by atoms with Gasteiger partial charge in [-0.25, -0.2) is 9.97 Å². The summed E-state index contributed by atoms with van der Waals surface area (Å²) in [6.07, 6.45) is -1.68. The molecule has 0 atom stereocenters. The SMILES string of the molecule is NCCNc1ncc(Oc2cccc(C(F)(F)F)c2)cn1. The number of hydrogen-bond donors (Lipinski definition) is 2. The van der Waals surface area contributed by atoms with Gasteiger partial charge in [0.1, 0.15) is 5.75 Å². The molecule has 0 spiro atoms. The lowest BCUT2D eigenvalue weighted by Crippen LogP contribution is -2.14. The Morgan fingerprint density at radius 2 is 1.86 bits per heavy atom. The molecule has 3 N–H and O–H groups in total. The van der Waals surface area contributed by atoms with Gasteiger partial charge >= 0.3 is 6.18 Å². The molecule has 2 aromatic rings. The van der Waals surface area contributed by atoms with Crippen LogP contribution in [0.3, 0.4) is 0 Å². The third-order valence-electron chi connectivity index (χ3n) is 2.45. The predicted octanol–water partition coefficient (Wildman–Crippen LogP) is 2.66. The van der Waals surface area contributed by atoms with E-state index in [2.05, 4.69) is 15.3 Å². The highest BCUT2D eigenvalue weighted by molar-refractivity contribution is 5.35. The van der Waals surface area contributed by atoms with Crippen molar-refractivity contribution in [3.63, 3.8) is 0 Å². The topological polar surface area (TPSA) is 73.1 Å². The van der Waals surface area contributed by atoms with Crippen molar-refractivity contribution in [1.82, 2.24) is 9.97 Å². The lowest BCUT2D eigenvalue weighted by molar-refractivity contribution is -0.137. The van der Waals surface area contributed by atoms with Crippen molar-refractivity contribution in [2.24, 2.45) is 5.73 Å². The molecule has 1 aromatic carbocycles. The van der Waals surface area contributed by atoms with Gasteiger partial charge in [0, 0.05) is 13.1 Å². The highest BCUT2D eigenvalue weighted by Gasteiger charge is 2.30. The first-order chi connectivity index (χ1) is 9.99. The van der Waals surface area contributed by atoms with Gasteiger partial charge in [0.05, 0.1) is 18.0 Å². The zero-order valence-corrected chi connectivity index (χ0v) is 10.9. The molecule has 0 unspecified atom stereocenters. The second kappa shape index (κ2) is 6.40. The van der Waals surface area contributed by atoms with Gasteiger partial charge in [-0.05, 0) is 18.2 Å². The van der Waals surface area contributed by atoms with Crippen LogP contribution in [-0.4, -0.2) is 23.1 Å². The van der Waals surface area contributed by atoms with E-state index in [-0.39, 0.29) is 11.5 Å². The number of aromatic nitrogens is 2. The lowest BCUT2D eigenvalue weighted by atomic mass is 10.2. The average molecular weight is 298 g/mol. The third kappa shape index (κ3) is 4.32. The first-order valence-corrected chi connectivity index (χ1v) is 6.10. The fourth-order valence-electron chi connectivity index (χ4n) is 1.52. The number of halogens is 3. The summed E-state index contributed by atoms with van der Waals surface area (Å²) in [4.78, 5) is 7.92. The quantitative estimate of drug-likeness (QED) is 0.888. The summed E-state index contributed by atoms with van der Waals surface area (Å²) in [5.74, 6) is 0.681. The summed E-state index contributed by atoms with van der Waals surface area (Å²) in [5.41, 5.74) is 4.55. The van der Waals surface area contributed by atoms with Crippen LogP contribution in [0, 0.1) is 0 Å². The van der Waals surface area contributed by atoms with Crippen LogP contribution in [0.5, 0.6) is 11.5 Å². The standard InChI is InChI=1S/C13H13F3N4O/c14-13(15,16)9-2-1-3-10(6-9)21-11-7-19-12(20-8-11)18-5-4-17/h1-3,6-8H,4-5,17H2,(H,18,19,20). The van der Waals surface area contributed by atoms with E-state index in [0.29, 0.717) is 19.0 Å². The number of nitrogens with one attached hydrogen (secondary N) is 1. The summed E-state index contributed by atoms with van der Waals surface area (Å²) < 4.78 is 43.0. The minimum absolute atomic E-state index is 0.0658. The molecule has 0 aliphatic carbocycles. The molecule has 1 aromatic heterocycles. The number of nitrogens with zero attached hydrogens (tertiary/aromatic N) is 2. The highest BCUT2D eigenvalue weighted by atomic mass is 19.4. The van der Waals surface area contributed by atoms with E-state index in [1.54, 1.807) is 0 Å². The molecule has 1 heterocycles. The van der Waals surface area contributed by atoms with Gasteiger partial charge in [-0.1, -0.05) is 6.07 Å². The molecule has 21 heavy (non-hydrogen) atoms. The largest absolute Gasteiger partial charge is 0.454 e. The normalized spacial score (nSPS) is 11.2. The van der Waals surface area contributed by atoms with Gasteiger partial charge in [-0.15, -0.1) is 0 Å². The van der Waals surface area contributed by atoms with E-state index in [4.69, 9.17) is 10.5 Å². The van der Waals surface area contributed by atoms with E-state index in [9.17, 15) is 13.2 Å². The van der Waals surface area contributed by atoms with E-state index in [0.717, 1.165) is 12.1 Å². The summed E-state index contributed by atoms with van der Waals surface area (Å²) in [5, 5.41) is 2.86. The molecule has 0 aliphatic rings. The molecule has 8 heteroatoms. The van der Waals surface area contributed by atoms with Gasteiger partial charge in [0.25, 0.3) is 0 Å². The van der Waals surface area contributed by atoms with Crippen LogP contribution >= 0.6 is 0 Å². The molecule has 0 amide bonds. The van der Waals surface area contributed by atoms with Gasteiger partial charge in [0.15, 0.2) is 5.75 Å². The van der Waals surface area contributed by atoms with Crippen molar-refractivity contribution < 1.29 is 17.9 Å². The van der Waals surface area contributed by atoms with Crippen molar-refractivity contribution >= 4 is 5.95 Å². The second-order valence-electron chi connectivity index (χ2n) is 4.09. The summed E-state index contributed by atoms with van der Waals surface area (Å²) >= 11 is 0. The molecule has 0 radical (unpaired) electrons. The van der Waals surface area contributed by atoms with Gasteiger partial charge in [-0.2, -0.15) is 13.2 Å². The van der Waals surface area contributed by atoms with Crippen LogP contribution in [0.15, 0.2) is 36.7 Å². The molecule has 0 fully saturated rings. The number of rotatable bonds is 5. The Morgan fingerprint density at radius 3 is 2.48 bits per heavy atom. The van der Waals surface area contributed by atoms with Crippen LogP contribution in [-0.2, 0) is 6.18 Å². The molecular formula is C13H13F3N4O. The monoisotopic (exact) mass is 298 g/mol. The fraction of sp³-hybridized carbons (Fsp3) is 0.231. The Kier molecular flexibility index (Phi) is 4.59. The molecule has 0 aliphatic heterocycles. The summed E-state index contributed by atoms with van der Waals surface area (Å²) in [6, 6.07) is 4.59. The third-order valence-corrected chi connectivity index (χ3v) is 2.45. The van der Waals surface area contributed by atoms with Crippen LogP contribution in [0.2, 0.25) is 0 Å². The Morgan fingerprint density at radius 1 is 1.14 bits per heavy atom. The number of nitrogens with two attached hydrogens (primary N) is 1. The number of benzene rings is 1. The van der Waals surface area contributed by atoms with Crippen molar-refractivity contribution in [2.75, 3.05) is 18.4 Å². The minimum atomic E-state index is -4.41. The van der Waals surface area contributed by atoms with Crippen LogP contribution in [0.25, 0.3) is 0 Å². The van der Waals surface area contributed by atoms with Crippen molar-refractivity contribution in [3.8, 4) is 11.5 Å². The predicted molar refractivity (Wildman–Crippen MR) is 71.1 cm³/mol. The zero-order valence-electron chi connectivity index (χ0n) is 10.9. The van der Waals surface area contributed by atoms with Gasteiger partial charge in [0.2, 0.25) is 5.95 Å². The smallest absolute Gasteiger partial charge is 0.416 e. The van der Waals surface area contributed by atoms with Crippen molar-refractivity contribution in [2.45, 2.75) is 6.18 Å². The maximum absolute atomic E-state index is 12.6. The molecule has 112 valence electrons. The Hall–Kier alpha value is -2.35. The lowest BCUT2D eigenvalue weighted by Gasteiger charge is -2.10. The average Bonchev–Trinajstić information content (AvgIpc) is 2.46. The Balaban J connectivity index is 2.08. The van der Waals surface area contributed by atoms with Crippen LogP contribution in [0.1, 0.15) is 5.56 Å². The minimum Gasteiger partial charge on any atom is -0.454 e. The highest BCUT2D eigenvalue weighted by Crippen LogP contribution is 2.32. The molecular weight excluding hydrogens is 285 g/mol. The van der Waals surface area contributed by atoms with Crippen LogP contribution < -0.4 is 15.8 Å². The number of anilines is 1. The van der Waals surface area contributed by atoms with E-state index < -0.39 is 11.7 Å². The Labute approximate surface area is 119 Å². The van der Waals surface area contributed by atoms with E-state index in [1.165, 1.54) is 24.5 Å². The van der Waals surface area contributed by atoms with E-state index >= 15 is 0 Å². The second-order valence-corrected chi connectivity index (χ2v) is 4.09. The molecule has 2 rings (SSSR count). The van der Waals surface area contributed by atoms with Crippen molar-refractivity contribution in [1.29, 1.82) is 0 Å². The Bertz CT molecular complexity index is 587. The van der Waals surface area contributed by atoms with E-state index in [1.807, 2.05) is 0 Å². The fourth-order valence-corrected chi connectivity index (χ4v) is 1.52. The number of alkyl halides is 3. The number of hydrogen-bond acceptors (Lipinski definition) is 5. The first kappa shape index (κ1) is 15.0. The molecule has 0 saturated carbocycles. The summed E-state index contributed by atoms with van der Waals surface area (Å²) in [6.45, 7) is 0.958. The first-order valence-electron chi connectivity index (χ1n) is 6.10. The van der Waals surface area contributed by atoms with Crippen LogP contribution in [0.4, 0.5) is 19.1 Å². The maximum Gasteiger partial charge on any atom is 0.416 e. The van der Waals surface area contributed by atoms with Crippen molar-refractivity contribution in [3.05, 3.63) is 42.2 Å². The summed E-state index contributed by atoms with van der Waals surface area (Å²) in [7, 11) is 0. The van der Waals surface area contributed by atoms with Gasteiger partial charge in [-0.3, -0.25) is 0 Å². The molecule has 0 saturated heterocycles. The van der Waals surface area contributed by atoms with Gasteiger partial charge < -0.3 is 15.8 Å². The maximum atomic E-state index is 12.6. The molecule has 5 nitrogen and oxygen atoms in total. The molecule has 0 bridgehead atoms. The zero-order chi connectivity index (χ0) is 15.3. The number of ether oxygens (including phenoxy) is 1.